The third-order valence-corrected chi connectivity index (χ3v) is 3.92. The standard InChI is InChI=1S/C13H15ClO/c14-12-7-9(8-13(15)4-5-13)6-10-2-1-3-11(10)12/h6-7,15H,1-5,8H2. The first kappa shape index (κ1) is 9.68. The summed E-state index contributed by atoms with van der Waals surface area (Å²) in [5.41, 5.74) is 3.54. The molecule has 0 heterocycles. The van der Waals surface area contributed by atoms with E-state index in [1.807, 2.05) is 6.07 Å². The first-order valence-electron chi connectivity index (χ1n) is 5.69. The van der Waals surface area contributed by atoms with E-state index in [9.17, 15) is 5.11 Å². The van der Waals surface area contributed by atoms with Gasteiger partial charge >= 0.3 is 0 Å². The smallest absolute Gasteiger partial charge is 0.0690 e. The number of aryl methyl sites for hydroxylation is 1. The summed E-state index contributed by atoms with van der Waals surface area (Å²) in [7, 11) is 0. The van der Waals surface area contributed by atoms with Crippen molar-refractivity contribution in [1.29, 1.82) is 0 Å². The number of halogens is 1. The van der Waals surface area contributed by atoms with Gasteiger partial charge in [0.05, 0.1) is 5.60 Å². The van der Waals surface area contributed by atoms with Crippen molar-refractivity contribution in [3.8, 4) is 0 Å². The predicted octanol–water partition coefficient (Wildman–Crippen LogP) is 2.90. The summed E-state index contributed by atoms with van der Waals surface area (Å²) < 4.78 is 0. The van der Waals surface area contributed by atoms with Crippen LogP contribution in [0.25, 0.3) is 0 Å². The molecule has 1 aromatic rings. The highest BCUT2D eigenvalue weighted by atomic mass is 35.5. The summed E-state index contributed by atoms with van der Waals surface area (Å²) in [4.78, 5) is 0. The molecule has 15 heavy (non-hydrogen) atoms. The van der Waals surface area contributed by atoms with Crippen molar-refractivity contribution in [3.05, 3.63) is 33.8 Å². The Bertz CT molecular complexity index is 407. The SMILES string of the molecule is OC1(Cc2cc(Cl)c3c(c2)CCC3)CC1. The quantitative estimate of drug-likeness (QED) is 0.816. The van der Waals surface area contributed by atoms with E-state index in [1.165, 1.54) is 23.1 Å². The van der Waals surface area contributed by atoms with E-state index in [-0.39, 0.29) is 0 Å². The molecule has 0 saturated heterocycles. The zero-order valence-corrected chi connectivity index (χ0v) is 9.48. The largest absolute Gasteiger partial charge is 0.390 e. The summed E-state index contributed by atoms with van der Waals surface area (Å²) >= 11 is 6.24. The molecule has 1 fully saturated rings. The van der Waals surface area contributed by atoms with Crippen LogP contribution in [0.15, 0.2) is 12.1 Å². The van der Waals surface area contributed by atoms with Crippen LogP contribution in [0, 0.1) is 0 Å². The summed E-state index contributed by atoms with van der Waals surface area (Å²) in [5.74, 6) is 0. The number of aliphatic hydroxyl groups is 1. The Morgan fingerprint density at radius 1 is 1.27 bits per heavy atom. The van der Waals surface area contributed by atoms with Crippen molar-refractivity contribution in [3.63, 3.8) is 0 Å². The molecule has 0 radical (unpaired) electrons. The Balaban J connectivity index is 1.93. The topological polar surface area (TPSA) is 20.2 Å². The maximum Gasteiger partial charge on any atom is 0.0690 e. The van der Waals surface area contributed by atoms with Gasteiger partial charge in [0.15, 0.2) is 0 Å². The van der Waals surface area contributed by atoms with Gasteiger partial charge in [0.2, 0.25) is 0 Å². The molecule has 1 aromatic carbocycles. The highest BCUT2D eigenvalue weighted by Crippen LogP contribution is 2.40. The number of rotatable bonds is 2. The van der Waals surface area contributed by atoms with E-state index < -0.39 is 5.60 Å². The number of hydrogen-bond acceptors (Lipinski definition) is 1. The minimum absolute atomic E-state index is 0.407. The summed E-state index contributed by atoms with van der Waals surface area (Å²) in [5, 5.41) is 10.8. The fourth-order valence-corrected chi connectivity index (χ4v) is 2.87. The lowest BCUT2D eigenvalue weighted by atomic mass is 10.0. The molecule has 1 nitrogen and oxygen atoms in total. The van der Waals surface area contributed by atoms with E-state index in [2.05, 4.69) is 6.07 Å². The molecule has 0 amide bonds. The van der Waals surface area contributed by atoms with E-state index >= 15 is 0 Å². The van der Waals surface area contributed by atoms with E-state index in [1.54, 1.807) is 0 Å². The van der Waals surface area contributed by atoms with Crippen LogP contribution in [0.4, 0.5) is 0 Å². The molecule has 0 unspecified atom stereocenters. The first-order chi connectivity index (χ1) is 7.16. The Labute approximate surface area is 95.1 Å². The molecular weight excluding hydrogens is 208 g/mol. The first-order valence-corrected chi connectivity index (χ1v) is 6.07. The van der Waals surface area contributed by atoms with Crippen LogP contribution in [-0.2, 0) is 19.3 Å². The fourth-order valence-electron chi connectivity index (χ4n) is 2.52. The van der Waals surface area contributed by atoms with Crippen molar-refractivity contribution in [2.75, 3.05) is 0 Å². The van der Waals surface area contributed by atoms with Gasteiger partial charge in [-0.3, -0.25) is 0 Å². The van der Waals surface area contributed by atoms with Gasteiger partial charge in [-0.2, -0.15) is 0 Å². The maximum atomic E-state index is 9.88. The number of hydrogen-bond donors (Lipinski definition) is 1. The molecular formula is C13H15ClO. The van der Waals surface area contributed by atoms with Crippen molar-refractivity contribution in [2.45, 2.75) is 44.1 Å². The van der Waals surface area contributed by atoms with Crippen molar-refractivity contribution < 1.29 is 5.11 Å². The minimum atomic E-state index is -0.407. The molecule has 0 spiro atoms. The lowest BCUT2D eigenvalue weighted by molar-refractivity contribution is 0.151. The molecule has 2 aliphatic rings. The molecule has 2 aliphatic carbocycles. The minimum Gasteiger partial charge on any atom is -0.390 e. The van der Waals surface area contributed by atoms with Crippen molar-refractivity contribution in [1.82, 2.24) is 0 Å². The van der Waals surface area contributed by atoms with Crippen molar-refractivity contribution >= 4 is 11.6 Å². The second-order valence-electron chi connectivity index (χ2n) is 4.97. The average Bonchev–Trinajstić information content (AvgIpc) is 2.73. The van der Waals surface area contributed by atoms with Gasteiger partial charge in [-0.05, 0) is 54.9 Å². The van der Waals surface area contributed by atoms with Gasteiger partial charge in [-0.1, -0.05) is 17.7 Å². The van der Waals surface area contributed by atoms with Crippen LogP contribution in [-0.4, -0.2) is 10.7 Å². The third-order valence-electron chi connectivity index (χ3n) is 3.58. The monoisotopic (exact) mass is 222 g/mol. The Hall–Kier alpha value is -0.530. The summed E-state index contributed by atoms with van der Waals surface area (Å²) in [6, 6.07) is 4.28. The molecule has 0 aromatic heterocycles. The van der Waals surface area contributed by atoms with E-state index in [4.69, 9.17) is 11.6 Å². The van der Waals surface area contributed by atoms with Crippen LogP contribution < -0.4 is 0 Å². The number of fused-ring (bicyclic) bond motifs is 1. The Morgan fingerprint density at radius 3 is 2.80 bits per heavy atom. The molecule has 0 bridgehead atoms. The van der Waals surface area contributed by atoms with Crippen LogP contribution in [0.1, 0.15) is 36.0 Å². The zero-order chi connectivity index (χ0) is 10.5. The lowest BCUT2D eigenvalue weighted by Crippen LogP contribution is -2.10. The van der Waals surface area contributed by atoms with E-state index in [0.717, 1.165) is 37.1 Å². The van der Waals surface area contributed by atoms with Gasteiger partial charge in [0, 0.05) is 11.4 Å². The third kappa shape index (κ3) is 1.79. The second-order valence-corrected chi connectivity index (χ2v) is 5.38. The van der Waals surface area contributed by atoms with Gasteiger partial charge < -0.3 is 5.11 Å². The van der Waals surface area contributed by atoms with Gasteiger partial charge in [0.1, 0.15) is 0 Å². The maximum absolute atomic E-state index is 9.88. The normalized spacial score (nSPS) is 21.5. The highest BCUT2D eigenvalue weighted by Gasteiger charge is 2.40. The Morgan fingerprint density at radius 2 is 2.07 bits per heavy atom. The zero-order valence-electron chi connectivity index (χ0n) is 8.72. The predicted molar refractivity (Wildman–Crippen MR) is 61.4 cm³/mol. The number of benzene rings is 1. The Kier molecular flexibility index (Phi) is 2.08. The van der Waals surface area contributed by atoms with Gasteiger partial charge in [-0.15, -0.1) is 0 Å². The highest BCUT2D eigenvalue weighted by molar-refractivity contribution is 6.31. The fraction of sp³-hybridized carbons (Fsp3) is 0.538. The molecule has 80 valence electrons. The van der Waals surface area contributed by atoms with Gasteiger partial charge in [-0.25, -0.2) is 0 Å². The van der Waals surface area contributed by atoms with Crippen LogP contribution in [0.2, 0.25) is 5.02 Å². The lowest BCUT2D eigenvalue weighted by Gasteiger charge is -2.10. The van der Waals surface area contributed by atoms with Crippen LogP contribution >= 0.6 is 11.6 Å². The van der Waals surface area contributed by atoms with Crippen molar-refractivity contribution in [2.24, 2.45) is 0 Å². The van der Waals surface area contributed by atoms with E-state index in [0.29, 0.717) is 0 Å². The molecule has 2 heteroatoms. The molecule has 0 atom stereocenters. The van der Waals surface area contributed by atoms with Crippen LogP contribution in [0.5, 0.6) is 0 Å². The molecule has 1 N–H and O–H groups in total. The molecule has 0 aliphatic heterocycles. The molecule has 1 saturated carbocycles. The second kappa shape index (κ2) is 3.23. The summed E-state index contributed by atoms with van der Waals surface area (Å²) in [6.07, 6.45) is 6.17. The van der Waals surface area contributed by atoms with Gasteiger partial charge in [0.25, 0.3) is 0 Å². The average molecular weight is 223 g/mol. The molecule has 3 rings (SSSR count). The summed E-state index contributed by atoms with van der Waals surface area (Å²) in [6.45, 7) is 0. The van der Waals surface area contributed by atoms with Crippen LogP contribution in [0.3, 0.4) is 0 Å².